The first-order valence-corrected chi connectivity index (χ1v) is 9.24. The van der Waals surface area contributed by atoms with E-state index in [2.05, 4.69) is 34.7 Å². The van der Waals surface area contributed by atoms with Crippen molar-refractivity contribution in [3.05, 3.63) is 93.9 Å². The zero-order chi connectivity index (χ0) is 18.6. The number of carbonyl (C=O) groups is 1. The summed E-state index contributed by atoms with van der Waals surface area (Å²) >= 11 is 0. The molecular weight excluding hydrogens is 338 g/mol. The molecule has 0 radical (unpaired) electrons. The second kappa shape index (κ2) is 7.58. The molecule has 5 nitrogen and oxygen atoms in total. The Morgan fingerprint density at radius 1 is 1.04 bits per heavy atom. The number of amides is 1. The maximum absolute atomic E-state index is 12.6. The van der Waals surface area contributed by atoms with Crippen LogP contribution in [0, 0.1) is 0 Å². The van der Waals surface area contributed by atoms with E-state index in [4.69, 9.17) is 0 Å². The number of rotatable bonds is 4. The second-order valence-electron chi connectivity index (χ2n) is 6.80. The molecule has 1 aliphatic rings. The molecule has 1 aliphatic carbocycles. The molecule has 5 heteroatoms. The van der Waals surface area contributed by atoms with Gasteiger partial charge in [-0.15, -0.1) is 0 Å². The van der Waals surface area contributed by atoms with Crippen LogP contribution in [0.25, 0.3) is 5.69 Å². The summed E-state index contributed by atoms with van der Waals surface area (Å²) in [6, 6.07) is 20.4. The average molecular weight is 359 g/mol. The lowest BCUT2D eigenvalue weighted by atomic mass is 9.83. The molecule has 1 aromatic heterocycles. The van der Waals surface area contributed by atoms with Gasteiger partial charge in [0.25, 0.3) is 11.5 Å². The monoisotopic (exact) mass is 359 g/mol. The van der Waals surface area contributed by atoms with E-state index in [1.54, 1.807) is 12.1 Å². The van der Waals surface area contributed by atoms with E-state index >= 15 is 0 Å². The molecular formula is C22H21N3O2. The number of hydrogen-bond acceptors (Lipinski definition) is 3. The Hall–Kier alpha value is -3.21. The van der Waals surface area contributed by atoms with E-state index in [-0.39, 0.29) is 17.2 Å². The quantitative estimate of drug-likeness (QED) is 0.779. The fourth-order valence-corrected chi connectivity index (χ4v) is 3.66. The summed E-state index contributed by atoms with van der Waals surface area (Å²) < 4.78 is 1.25. The van der Waals surface area contributed by atoms with Crippen molar-refractivity contribution in [2.45, 2.75) is 25.2 Å². The Bertz CT molecular complexity index is 1010. The third-order valence-corrected chi connectivity index (χ3v) is 5.04. The number of nitrogens with one attached hydrogen (secondary N) is 1. The van der Waals surface area contributed by atoms with Gasteiger partial charge in [-0.05, 0) is 48.6 Å². The molecule has 1 amide bonds. The Labute approximate surface area is 157 Å². The molecule has 1 heterocycles. The van der Waals surface area contributed by atoms with Crippen molar-refractivity contribution in [2.75, 3.05) is 6.54 Å². The van der Waals surface area contributed by atoms with Crippen LogP contribution in [-0.4, -0.2) is 22.2 Å². The maximum atomic E-state index is 12.6. The van der Waals surface area contributed by atoms with Gasteiger partial charge in [-0.2, -0.15) is 9.78 Å². The first-order valence-electron chi connectivity index (χ1n) is 9.24. The van der Waals surface area contributed by atoms with Gasteiger partial charge in [0.05, 0.1) is 5.69 Å². The van der Waals surface area contributed by atoms with Gasteiger partial charge in [-0.1, -0.05) is 42.5 Å². The molecule has 0 saturated carbocycles. The number of nitrogens with zero attached hydrogens (tertiary/aromatic N) is 2. The molecule has 0 aliphatic heterocycles. The third kappa shape index (κ3) is 3.67. The first kappa shape index (κ1) is 17.2. The Morgan fingerprint density at radius 2 is 1.81 bits per heavy atom. The van der Waals surface area contributed by atoms with Crippen molar-refractivity contribution in [3.8, 4) is 5.69 Å². The van der Waals surface area contributed by atoms with Crippen molar-refractivity contribution in [1.82, 2.24) is 15.1 Å². The average Bonchev–Trinajstić information content (AvgIpc) is 2.73. The van der Waals surface area contributed by atoms with Crippen LogP contribution in [0.2, 0.25) is 0 Å². The fourth-order valence-electron chi connectivity index (χ4n) is 3.66. The van der Waals surface area contributed by atoms with Crippen molar-refractivity contribution in [2.24, 2.45) is 0 Å². The zero-order valence-corrected chi connectivity index (χ0v) is 15.0. The number of para-hydroxylation sites is 1. The van der Waals surface area contributed by atoms with Crippen LogP contribution in [0.5, 0.6) is 0 Å². The topological polar surface area (TPSA) is 64.0 Å². The minimum Gasteiger partial charge on any atom is -0.350 e. The molecule has 1 atom stereocenters. The Balaban J connectivity index is 1.51. The molecule has 3 aromatic rings. The third-order valence-electron chi connectivity index (χ3n) is 5.04. The normalized spacial score (nSPS) is 15.8. The van der Waals surface area contributed by atoms with Crippen LogP contribution in [0.3, 0.4) is 0 Å². The second-order valence-corrected chi connectivity index (χ2v) is 6.80. The summed E-state index contributed by atoms with van der Waals surface area (Å²) in [6.45, 7) is 0.571. The van der Waals surface area contributed by atoms with Crippen LogP contribution < -0.4 is 10.9 Å². The molecule has 0 saturated heterocycles. The number of hydrogen-bond donors (Lipinski definition) is 1. The highest BCUT2D eigenvalue weighted by Crippen LogP contribution is 2.30. The van der Waals surface area contributed by atoms with Crippen LogP contribution in [0.4, 0.5) is 0 Å². The number of benzene rings is 2. The first-order chi connectivity index (χ1) is 13.2. The van der Waals surface area contributed by atoms with Crippen molar-refractivity contribution >= 4 is 5.91 Å². The summed E-state index contributed by atoms with van der Waals surface area (Å²) in [7, 11) is 0. The number of aryl methyl sites for hydroxylation is 1. The SMILES string of the molecule is O=C(NCC1CCCc2ccccc21)c1ccc(=O)n(-c2ccccc2)n1. The van der Waals surface area contributed by atoms with Gasteiger partial charge in [-0.25, -0.2) is 0 Å². The van der Waals surface area contributed by atoms with E-state index in [1.165, 1.54) is 27.9 Å². The highest BCUT2D eigenvalue weighted by atomic mass is 16.2. The van der Waals surface area contributed by atoms with E-state index in [9.17, 15) is 9.59 Å². The molecule has 4 rings (SSSR count). The van der Waals surface area contributed by atoms with Gasteiger partial charge < -0.3 is 5.32 Å². The van der Waals surface area contributed by atoms with Gasteiger partial charge in [0.2, 0.25) is 0 Å². The Morgan fingerprint density at radius 3 is 2.67 bits per heavy atom. The lowest BCUT2D eigenvalue weighted by Crippen LogP contribution is -2.32. The molecule has 27 heavy (non-hydrogen) atoms. The standard InChI is InChI=1S/C22H21N3O2/c26-21-14-13-20(24-25(21)18-10-2-1-3-11-18)22(27)23-15-17-9-6-8-16-7-4-5-12-19(16)17/h1-5,7,10-14,17H,6,8-9,15H2,(H,23,27). The number of carbonyl (C=O) groups excluding carboxylic acids is 1. The van der Waals surface area contributed by atoms with E-state index in [0.717, 1.165) is 19.3 Å². The minimum absolute atomic E-state index is 0.238. The summed E-state index contributed by atoms with van der Waals surface area (Å²) in [5.74, 6) is 0.0571. The van der Waals surface area contributed by atoms with E-state index in [1.807, 2.05) is 18.2 Å². The van der Waals surface area contributed by atoms with Crippen molar-refractivity contribution in [1.29, 1.82) is 0 Å². The highest BCUT2D eigenvalue weighted by molar-refractivity contribution is 5.92. The van der Waals surface area contributed by atoms with E-state index in [0.29, 0.717) is 18.2 Å². The highest BCUT2D eigenvalue weighted by Gasteiger charge is 2.21. The van der Waals surface area contributed by atoms with Gasteiger partial charge in [0, 0.05) is 18.5 Å². The summed E-state index contributed by atoms with van der Waals surface area (Å²) in [4.78, 5) is 24.7. The molecule has 1 N–H and O–H groups in total. The van der Waals surface area contributed by atoms with Gasteiger partial charge in [0.1, 0.15) is 5.69 Å². The zero-order valence-electron chi connectivity index (χ0n) is 15.0. The molecule has 0 fully saturated rings. The molecule has 0 bridgehead atoms. The maximum Gasteiger partial charge on any atom is 0.271 e. The largest absolute Gasteiger partial charge is 0.350 e. The lowest BCUT2D eigenvalue weighted by molar-refractivity contribution is 0.0943. The van der Waals surface area contributed by atoms with Crippen molar-refractivity contribution in [3.63, 3.8) is 0 Å². The molecule has 1 unspecified atom stereocenters. The van der Waals surface area contributed by atoms with Crippen LogP contribution in [-0.2, 0) is 6.42 Å². The number of fused-ring (bicyclic) bond motifs is 1. The fraction of sp³-hybridized carbons (Fsp3) is 0.227. The Kier molecular flexibility index (Phi) is 4.83. The predicted octanol–water partition coefficient (Wildman–Crippen LogP) is 3.08. The van der Waals surface area contributed by atoms with Gasteiger partial charge in [0.15, 0.2) is 0 Å². The van der Waals surface area contributed by atoms with Crippen LogP contribution in [0.15, 0.2) is 71.5 Å². The van der Waals surface area contributed by atoms with Crippen LogP contribution in [0.1, 0.15) is 40.4 Å². The molecule has 136 valence electrons. The number of aromatic nitrogens is 2. The summed E-state index contributed by atoms with van der Waals surface area (Å²) in [5.41, 5.74) is 3.31. The van der Waals surface area contributed by atoms with Crippen molar-refractivity contribution < 1.29 is 4.79 Å². The smallest absolute Gasteiger partial charge is 0.271 e. The predicted molar refractivity (Wildman–Crippen MR) is 104 cm³/mol. The minimum atomic E-state index is -0.265. The molecule has 0 spiro atoms. The molecule has 2 aromatic carbocycles. The van der Waals surface area contributed by atoms with E-state index < -0.39 is 0 Å². The lowest BCUT2D eigenvalue weighted by Gasteiger charge is -2.25. The van der Waals surface area contributed by atoms with Gasteiger partial charge >= 0.3 is 0 Å². The van der Waals surface area contributed by atoms with Gasteiger partial charge in [-0.3, -0.25) is 9.59 Å². The summed E-state index contributed by atoms with van der Waals surface area (Å²) in [6.07, 6.45) is 3.30. The van der Waals surface area contributed by atoms with Crippen LogP contribution >= 0.6 is 0 Å². The summed E-state index contributed by atoms with van der Waals surface area (Å²) in [5, 5.41) is 7.23.